The molecule has 0 aliphatic carbocycles. The van der Waals surface area contributed by atoms with Crippen LogP contribution in [0.25, 0.3) is 11.4 Å². The number of likely N-dealkylation sites (N-methyl/N-ethyl adjacent to an activating group) is 1. The molecular weight excluding hydrogens is 430 g/mol. The number of sulfonamides is 1. The zero-order chi connectivity index (χ0) is 23.7. The van der Waals surface area contributed by atoms with Gasteiger partial charge in [0.05, 0.1) is 18.0 Å². The maximum absolute atomic E-state index is 13.3. The number of rotatable bonds is 6. The lowest BCUT2D eigenvalue weighted by molar-refractivity contribution is -0.124. The van der Waals surface area contributed by atoms with Gasteiger partial charge in [-0.05, 0) is 12.3 Å². The lowest BCUT2D eigenvalue weighted by Gasteiger charge is -2.30. The van der Waals surface area contributed by atoms with E-state index in [1.807, 2.05) is 55.7 Å². The molecule has 1 atom stereocenters. The molecule has 2 N–H and O–H groups in total. The van der Waals surface area contributed by atoms with E-state index in [1.165, 1.54) is 11.4 Å². The lowest BCUT2D eigenvalue weighted by Crippen LogP contribution is -2.53. The molecule has 2 amide bonds. The molecule has 0 spiro atoms. The van der Waals surface area contributed by atoms with Gasteiger partial charge >= 0.3 is 0 Å². The van der Waals surface area contributed by atoms with Crippen LogP contribution in [0.5, 0.6) is 0 Å². The highest BCUT2D eigenvalue weighted by Crippen LogP contribution is 2.28. The van der Waals surface area contributed by atoms with Crippen molar-refractivity contribution in [2.75, 3.05) is 19.3 Å². The fourth-order valence-corrected chi connectivity index (χ4v) is 4.82. The second-order valence-corrected chi connectivity index (χ2v) is 11.1. The minimum atomic E-state index is -3.43. The molecule has 0 bridgehead atoms. The molecule has 1 unspecified atom stereocenters. The van der Waals surface area contributed by atoms with Crippen LogP contribution >= 0.6 is 0 Å². The Morgan fingerprint density at radius 2 is 1.81 bits per heavy atom. The van der Waals surface area contributed by atoms with Crippen LogP contribution in [-0.4, -0.2) is 59.5 Å². The number of carbonyl (C=O) groups excluding carboxylic acids is 2. The maximum Gasteiger partial charge on any atom is 0.272 e. The first-order valence-corrected chi connectivity index (χ1v) is 12.3. The molecule has 0 fully saturated rings. The number of hydrogen-bond donors (Lipinski definition) is 2. The van der Waals surface area contributed by atoms with Gasteiger partial charge in [0.15, 0.2) is 5.69 Å². The van der Waals surface area contributed by atoms with E-state index in [-0.39, 0.29) is 23.9 Å². The van der Waals surface area contributed by atoms with Gasteiger partial charge in [0.2, 0.25) is 15.9 Å². The summed E-state index contributed by atoms with van der Waals surface area (Å²) in [6.07, 6.45) is 0. The highest BCUT2D eigenvalue weighted by atomic mass is 32.2. The quantitative estimate of drug-likeness (QED) is 0.679. The number of imidazole rings is 1. The van der Waals surface area contributed by atoms with Crippen molar-refractivity contribution in [1.82, 2.24) is 24.5 Å². The smallest absolute Gasteiger partial charge is 0.272 e. The Morgan fingerprint density at radius 1 is 1.16 bits per heavy atom. The lowest BCUT2D eigenvalue weighted by atomic mass is 9.86. The second kappa shape index (κ2) is 9.03. The number of carbonyl (C=O) groups is 2. The normalized spacial score (nSPS) is 15.7. The van der Waals surface area contributed by atoms with Crippen molar-refractivity contribution < 1.29 is 18.0 Å². The standard InChI is InChI=1S/C22H31N5O4S/c1-6-32(30,31)26-12-13-27-16(14-26)17(24-19(27)15-10-8-7-9-11-15)20(28)25-18(21(29)23-5)22(2,3)4/h7-11,18H,6,12-14H2,1-5H3,(H,23,29)(H,25,28). The van der Waals surface area contributed by atoms with Crippen molar-refractivity contribution >= 4 is 21.8 Å². The van der Waals surface area contributed by atoms with Crippen molar-refractivity contribution in [2.24, 2.45) is 5.41 Å². The van der Waals surface area contributed by atoms with E-state index in [0.717, 1.165) is 5.56 Å². The summed E-state index contributed by atoms with van der Waals surface area (Å²) in [5, 5.41) is 5.40. The van der Waals surface area contributed by atoms with Gasteiger partial charge in [-0.2, -0.15) is 4.31 Å². The predicted molar refractivity (Wildman–Crippen MR) is 122 cm³/mol. The number of fused-ring (bicyclic) bond motifs is 1. The van der Waals surface area contributed by atoms with Gasteiger partial charge in [-0.1, -0.05) is 51.1 Å². The van der Waals surface area contributed by atoms with Gasteiger partial charge in [0, 0.05) is 25.7 Å². The summed E-state index contributed by atoms with van der Waals surface area (Å²) in [5.41, 5.74) is 0.959. The van der Waals surface area contributed by atoms with E-state index < -0.39 is 27.4 Å². The van der Waals surface area contributed by atoms with E-state index in [9.17, 15) is 18.0 Å². The number of hydrogen-bond acceptors (Lipinski definition) is 5. The van der Waals surface area contributed by atoms with Crippen LogP contribution < -0.4 is 10.6 Å². The molecule has 1 aromatic heterocycles. The van der Waals surface area contributed by atoms with Crippen LogP contribution in [0, 0.1) is 5.41 Å². The summed E-state index contributed by atoms with van der Waals surface area (Å²) in [4.78, 5) is 30.4. The molecule has 1 aliphatic heterocycles. The Morgan fingerprint density at radius 3 is 2.38 bits per heavy atom. The molecule has 0 saturated carbocycles. The van der Waals surface area contributed by atoms with Crippen LogP contribution in [0.15, 0.2) is 30.3 Å². The summed E-state index contributed by atoms with van der Waals surface area (Å²) in [6.45, 7) is 7.93. The van der Waals surface area contributed by atoms with Crippen molar-refractivity contribution in [2.45, 2.75) is 46.8 Å². The molecule has 3 rings (SSSR count). The molecule has 1 aromatic carbocycles. The van der Waals surface area contributed by atoms with E-state index in [2.05, 4.69) is 15.6 Å². The van der Waals surface area contributed by atoms with Crippen LogP contribution in [0.2, 0.25) is 0 Å². The summed E-state index contributed by atoms with van der Waals surface area (Å²) in [5.74, 6) is -0.226. The minimum absolute atomic E-state index is 0.0169. The second-order valence-electron chi connectivity index (χ2n) is 8.87. The molecule has 10 heteroatoms. The highest BCUT2D eigenvalue weighted by Gasteiger charge is 2.36. The van der Waals surface area contributed by atoms with E-state index in [0.29, 0.717) is 24.6 Å². The van der Waals surface area contributed by atoms with Crippen molar-refractivity contribution in [3.8, 4) is 11.4 Å². The fraction of sp³-hybridized carbons (Fsp3) is 0.500. The molecule has 2 heterocycles. The predicted octanol–water partition coefficient (Wildman–Crippen LogP) is 1.61. The molecule has 174 valence electrons. The first-order valence-electron chi connectivity index (χ1n) is 10.6. The zero-order valence-corrected chi connectivity index (χ0v) is 20.0. The number of nitrogens with zero attached hydrogens (tertiary/aromatic N) is 3. The van der Waals surface area contributed by atoms with Crippen molar-refractivity contribution in [1.29, 1.82) is 0 Å². The van der Waals surface area contributed by atoms with Crippen molar-refractivity contribution in [3.63, 3.8) is 0 Å². The molecule has 0 saturated heterocycles. The van der Waals surface area contributed by atoms with E-state index in [1.54, 1.807) is 6.92 Å². The van der Waals surface area contributed by atoms with Crippen molar-refractivity contribution in [3.05, 3.63) is 41.7 Å². The molecule has 0 radical (unpaired) electrons. The van der Waals surface area contributed by atoms with Crippen LogP contribution in [0.1, 0.15) is 43.9 Å². The van der Waals surface area contributed by atoms with Gasteiger partial charge in [-0.3, -0.25) is 9.59 Å². The molecular formula is C22H31N5O4S. The third kappa shape index (κ3) is 4.71. The van der Waals surface area contributed by atoms with Crippen LogP contribution in [0.4, 0.5) is 0 Å². The van der Waals surface area contributed by atoms with Gasteiger partial charge in [-0.25, -0.2) is 13.4 Å². The fourth-order valence-electron chi connectivity index (χ4n) is 3.77. The van der Waals surface area contributed by atoms with Crippen LogP contribution in [0.3, 0.4) is 0 Å². The number of aromatic nitrogens is 2. The highest BCUT2D eigenvalue weighted by molar-refractivity contribution is 7.89. The molecule has 2 aromatic rings. The zero-order valence-electron chi connectivity index (χ0n) is 19.2. The van der Waals surface area contributed by atoms with Gasteiger partial charge < -0.3 is 15.2 Å². The van der Waals surface area contributed by atoms with E-state index in [4.69, 9.17) is 0 Å². The van der Waals surface area contributed by atoms with E-state index >= 15 is 0 Å². The average Bonchev–Trinajstić information content (AvgIpc) is 3.15. The Kier molecular flexibility index (Phi) is 6.75. The molecule has 32 heavy (non-hydrogen) atoms. The van der Waals surface area contributed by atoms with Crippen LogP contribution in [-0.2, 0) is 27.9 Å². The third-order valence-electron chi connectivity index (χ3n) is 5.63. The number of nitrogens with one attached hydrogen (secondary N) is 2. The number of benzene rings is 1. The largest absolute Gasteiger partial charge is 0.357 e. The SMILES string of the molecule is CCS(=O)(=O)N1CCn2c(-c3ccccc3)nc(C(=O)NC(C(=O)NC)C(C)(C)C)c2C1. The van der Waals surface area contributed by atoms with Gasteiger partial charge in [-0.15, -0.1) is 0 Å². The third-order valence-corrected chi connectivity index (χ3v) is 7.46. The first kappa shape index (κ1) is 23.9. The summed E-state index contributed by atoms with van der Waals surface area (Å²) >= 11 is 0. The summed E-state index contributed by atoms with van der Waals surface area (Å²) in [6, 6.07) is 8.67. The van der Waals surface area contributed by atoms with Gasteiger partial charge in [0.25, 0.3) is 5.91 Å². The number of amides is 2. The Labute approximate surface area is 189 Å². The minimum Gasteiger partial charge on any atom is -0.357 e. The first-order chi connectivity index (χ1) is 15.0. The molecule has 1 aliphatic rings. The molecule has 9 nitrogen and oxygen atoms in total. The summed E-state index contributed by atoms with van der Waals surface area (Å²) in [7, 11) is -1.91. The Balaban J connectivity index is 2.06. The average molecular weight is 462 g/mol. The Bertz CT molecular complexity index is 1100. The Hall–Kier alpha value is -2.72. The topological polar surface area (TPSA) is 113 Å². The summed E-state index contributed by atoms with van der Waals surface area (Å²) < 4.78 is 28.3. The monoisotopic (exact) mass is 461 g/mol. The maximum atomic E-state index is 13.3. The van der Waals surface area contributed by atoms with Gasteiger partial charge in [0.1, 0.15) is 11.9 Å².